The van der Waals surface area contributed by atoms with Crippen molar-refractivity contribution in [2.24, 2.45) is 0 Å². The molecule has 2 aromatic heterocycles. The number of nitrogens with zero attached hydrogens (tertiary/aromatic N) is 4. The summed E-state index contributed by atoms with van der Waals surface area (Å²) in [6.45, 7) is 2.48. The molecule has 0 bridgehead atoms. The van der Waals surface area contributed by atoms with Crippen LogP contribution in [0.2, 0.25) is 0 Å². The van der Waals surface area contributed by atoms with E-state index in [-0.39, 0.29) is 12.4 Å². The standard InChI is InChI=1S/C18H19F2N5S/c19-15-3-4-16(20)14(9-24-5-1-2-6-24)13(15)7-22-17-8-21-11-25(17)18-10-26-12-23-18/h3-4,8,10-12,22H,1-2,5-7,9H2. The number of likely N-dealkylation sites (tertiary alicyclic amines) is 1. The lowest BCUT2D eigenvalue weighted by molar-refractivity contribution is 0.323. The molecule has 1 fully saturated rings. The molecule has 4 rings (SSSR count). The van der Waals surface area contributed by atoms with Gasteiger partial charge in [0.05, 0.1) is 11.7 Å². The number of halogens is 2. The highest BCUT2D eigenvalue weighted by molar-refractivity contribution is 7.07. The fourth-order valence-corrected chi connectivity index (χ4v) is 3.80. The first-order chi connectivity index (χ1) is 12.7. The Hall–Kier alpha value is -2.32. The van der Waals surface area contributed by atoms with Crippen molar-refractivity contribution in [3.63, 3.8) is 0 Å². The Labute approximate surface area is 154 Å². The van der Waals surface area contributed by atoms with Gasteiger partial charge in [-0.05, 0) is 38.1 Å². The molecule has 0 atom stereocenters. The summed E-state index contributed by atoms with van der Waals surface area (Å²) in [6.07, 6.45) is 5.51. The van der Waals surface area contributed by atoms with Crippen molar-refractivity contribution < 1.29 is 8.78 Å². The Kier molecular flexibility index (Phi) is 4.94. The molecule has 5 nitrogen and oxygen atoms in total. The van der Waals surface area contributed by atoms with Gasteiger partial charge in [-0.15, -0.1) is 11.3 Å². The van der Waals surface area contributed by atoms with Crippen LogP contribution in [0.15, 0.2) is 35.5 Å². The van der Waals surface area contributed by atoms with Crippen LogP contribution < -0.4 is 5.32 Å². The van der Waals surface area contributed by atoms with E-state index < -0.39 is 5.82 Å². The second-order valence-electron chi connectivity index (χ2n) is 6.32. The quantitative estimate of drug-likeness (QED) is 0.712. The maximum absolute atomic E-state index is 14.4. The van der Waals surface area contributed by atoms with Gasteiger partial charge in [-0.2, -0.15) is 0 Å². The molecule has 26 heavy (non-hydrogen) atoms. The molecule has 0 spiro atoms. The molecule has 1 aromatic carbocycles. The zero-order valence-electron chi connectivity index (χ0n) is 14.2. The highest BCUT2D eigenvalue weighted by atomic mass is 32.1. The first-order valence-corrected chi connectivity index (χ1v) is 9.49. The summed E-state index contributed by atoms with van der Waals surface area (Å²) in [4.78, 5) is 10.5. The monoisotopic (exact) mass is 375 g/mol. The molecule has 1 aliphatic heterocycles. The fourth-order valence-electron chi connectivity index (χ4n) is 3.27. The highest BCUT2D eigenvalue weighted by Gasteiger charge is 2.19. The predicted octanol–water partition coefficient (Wildman–Crippen LogP) is 3.81. The van der Waals surface area contributed by atoms with Gasteiger partial charge in [0, 0.05) is 29.6 Å². The normalized spacial score (nSPS) is 14.8. The fraction of sp³-hybridized carbons (Fsp3) is 0.333. The van der Waals surface area contributed by atoms with Crippen molar-refractivity contribution in [3.8, 4) is 5.82 Å². The maximum Gasteiger partial charge on any atom is 0.150 e. The third-order valence-corrected chi connectivity index (χ3v) is 5.22. The second kappa shape index (κ2) is 7.51. The van der Waals surface area contributed by atoms with Gasteiger partial charge in [0.1, 0.15) is 29.6 Å². The average Bonchev–Trinajstić information content (AvgIpc) is 3.39. The van der Waals surface area contributed by atoms with E-state index in [1.54, 1.807) is 22.6 Å². The first-order valence-electron chi connectivity index (χ1n) is 8.55. The SMILES string of the molecule is Fc1ccc(F)c(CN2CCCC2)c1CNc1cncn1-c1cscn1. The summed E-state index contributed by atoms with van der Waals surface area (Å²) in [7, 11) is 0. The van der Waals surface area contributed by atoms with Crippen LogP contribution in [0.5, 0.6) is 0 Å². The van der Waals surface area contributed by atoms with Gasteiger partial charge in [-0.25, -0.2) is 18.7 Å². The number of imidazole rings is 1. The summed E-state index contributed by atoms with van der Waals surface area (Å²) in [5, 5.41) is 5.07. The van der Waals surface area contributed by atoms with Crippen molar-refractivity contribution in [1.29, 1.82) is 0 Å². The van der Waals surface area contributed by atoms with Crippen molar-refractivity contribution in [3.05, 3.63) is 58.3 Å². The molecule has 1 N–H and O–H groups in total. The Morgan fingerprint density at radius 2 is 1.88 bits per heavy atom. The van der Waals surface area contributed by atoms with Gasteiger partial charge >= 0.3 is 0 Å². The summed E-state index contributed by atoms with van der Waals surface area (Å²) in [5.41, 5.74) is 2.53. The van der Waals surface area contributed by atoms with Crippen LogP contribution in [0.25, 0.3) is 5.82 Å². The Morgan fingerprint density at radius 3 is 2.62 bits per heavy atom. The van der Waals surface area contributed by atoms with Gasteiger partial charge < -0.3 is 5.32 Å². The van der Waals surface area contributed by atoms with E-state index in [0.29, 0.717) is 23.5 Å². The molecule has 8 heteroatoms. The molecule has 3 aromatic rings. The van der Waals surface area contributed by atoms with Crippen LogP contribution >= 0.6 is 11.3 Å². The number of anilines is 1. The third kappa shape index (κ3) is 3.47. The topological polar surface area (TPSA) is 46.0 Å². The number of hydrogen-bond acceptors (Lipinski definition) is 5. The van der Waals surface area contributed by atoms with E-state index in [9.17, 15) is 8.78 Å². The lowest BCUT2D eigenvalue weighted by Gasteiger charge is -2.19. The minimum Gasteiger partial charge on any atom is -0.366 e. The predicted molar refractivity (Wildman–Crippen MR) is 97.4 cm³/mol. The number of nitrogens with one attached hydrogen (secondary N) is 1. The van der Waals surface area contributed by atoms with E-state index >= 15 is 0 Å². The van der Waals surface area contributed by atoms with Crippen LogP contribution in [0.3, 0.4) is 0 Å². The minimum absolute atomic E-state index is 0.183. The molecule has 0 amide bonds. The van der Waals surface area contributed by atoms with Crippen LogP contribution in [-0.2, 0) is 13.1 Å². The molecule has 1 saturated heterocycles. The average molecular weight is 375 g/mol. The van der Waals surface area contributed by atoms with Gasteiger partial charge in [0.2, 0.25) is 0 Å². The van der Waals surface area contributed by atoms with Crippen LogP contribution in [0, 0.1) is 11.6 Å². The van der Waals surface area contributed by atoms with Crippen molar-refractivity contribution in [1.82, 2.24) is 19.4 Å². The molecular formula is C18H19F2N5S. The summed E-state index contributed by atoms with van der Waals surface area (Å²) in [5.74, 6) is 0.676. The van der Waals surface area contributed by atoms with E-state index in [0.717, 1.165) is 31.7 Å². The van der Waals surface area contributed by atoms with Crippen LogP contribution in [-0.4, -0.2) is 32.5 Å². The number of hydrogen-bond donors (Lipinski definition) is 1. The van der Waals surface area contributed by atoms with Crippen LogP contribution in [0.1, 0.15) is 24.0 Å². The lowest BCUT2D eigenvalue weighted by Crippen LogP contribution is -2.21. The molecule has 3 heterocycles. The molecule has 136 valence electrons. The number of rotatable bonds is 6. The van der Waals surface area contributed by atoms with E-state index in [4.69, 9.17) is 0 Å². The molecule has 0 saturated carbocycles. The van der Waals surface area contributed by atoms with E-state index in [1.807, 2.05) is 5.38 Å². The second-order valence-corrected chi connectivity index (χ2v) is 7.04. The Morgan fingerprint density at radius 1 is 1.12 bits per heavy atom. The molecule has 1 aliphatic rings. The molecule has 0 aliphatic carbocycles. The maximum atomic E-state index is 14.4. The van der Waals surface area contributed by atoms with E-state index in [1.165, 1.54) is 23.5 Å². The van der Waals surface area contributed by atoms with Crippen molar-refractivity contribution in [2.75, 3.05) is 18.4 Å². The van der Waals surface area contributed by atoms with Gasteiger partial charge in [0.15, 0.2) is 0 Å². The van der Waals surface area contributed by atoms with Crippen LogP contribution in [0.4, 0.5) is 14.6 Å². The Bertz CT molecular complexity index is 872. The minimum atomic E-state index is -0.396. The number of thiazole rings is 1. The smallest absolute Gasteiger partial charge is 0.150 e. The van der Waals surface area contributed by atoms with Gasteiger partial charge in [0.25, 0.3) is 0 Å². The third-order valence-electron chi connectivity index (χ3n) is 4.65. The highest BCUT2D eigenvalue weighted by Crippen LogP contribution is 2.23. The largest absolute Gasteiger partial charge is 0.366 e. The van der Waals surface area contributed by atoms with Crippen molar-refractivity contribution >= 4 is 17.2 Å². The molecule has 0 unspecified atom stereocenters. The van der Waals surface area contributed by atoms with E-state index in [2.05, 4.69) is 20.2 Å². The summed E-state index contributed by atoms with van der Waals surface area (Å²) >= 11 is 1.48. The lowest BCUT2D eigenvalue weighted by atomic mass is 10.1. The zero-order chi connectivity index (χ0) is 17.9. The molecule has 0 radical (unpaired) electrons. The summed E-state index contributed by atoms with van der Waals surface area (Å²) in [6, 6.07) is 2.40. The number of aromatic nitrogens is 3. The summed E-state index contributed by atoms with van der Waals surface area (Å²) < 4.78 is 30.6. The first kappa shape index (κ1) is 17.1. The Balaban J connectivity index is 1.57. The van der Waals surface area contributed by atoms with Gasteiger partial charge in [-0.3, -0.25) is 9.47 Å². The number of benzene rings is 1. The zero-order valence-corrected chi connectivity index (χ0v) is 15.0. The molecular weight excluding hydrogens is 356 g/mol. The van der Waals surface area contributed by atoms with Gasteiger partial charge in [-0.1, -0.05) is 0 Å². The van der Waals surface area contributed by atoms with Crippen molar-refractivity contribution in [2.45, 2.75) is 25.9 Å².